The lowest BCUT2D eigenvalue weighted by Crippen LogP contribution is -2.15. The molecule has 2 amide bonds. The molecule has 0 aromatic heterocycles. The van der Waals surface area contributed by atoms with Crippen LogP contribution in [0.1, 0.15) is 27.6 Å². The number of phenols is 1. The first-order valence-electron chi connectivity index (χ1n) is 12.1. The van der Waals surface area contributed by atoms with Gasteiger partial charge in [0.25, 0.3) is 23.2 Å². The lowest BCUT2D eigenvalue weighted by atomic mass is 10.1. The number of anilines is 2. The number of hydrogen-bond donors (Lipinski definition) is 3. The number of benzene rings is 4. The standard InChI is InChI=1S/C15H10Cl2N2O5.C13H8Cl2N2O4/c1-8(20)24-14-5-2-9(16)6-11(14)15(21)18-13-4-3-10(19(22)23)7-12(13)17;14-7-1-4-12(18)9(5-7)13(19)16-11-3-2-8(17(20)21)6-10(11)15/h2-7H,1H3,(H,18,21);1-6,18H,(H,16,19). The van der Waals surface area contributed by atoms with Crippen molar-refractivity contribution < 1.29 is 34.1 Å². The fourth-order valence-electron chi connectivity index (χ4n) is 3.43. The summed E-state index contributed by atoms with van der Waals surface area (Å²) < 4.78 is 4.96. The summed E-state index contributed by atoms with van der Waals surface area (Å²) >= 11 is 23.4. The Morgan fingerprint density at radius 2 is 1.13 bits per heavy atom. The van der Waals surface area contributed by atoms with Crippen molar-refractivity contribution in [3.63, 3.8) is 0 Å². The monoisotopic (exact) mass is 694 g/mol. The van der Waals surface area contributed by atoms with Crippen molar-refractivity contribution in [1.82, 2.24) is 0 Å². The Hall–Kier alpha value is -4.95. The number of amides is 2. The molecule has 13 nitrogen and oxygen atoms in total. The minimum Gasteiger partial charge on any atom is -0.507 e. The molecule has 0 aliphatic rings. The average Bonchev–Trinajstić information content (AvgIpc) is 2.97. The van der Waals surface area contributed by atoms with Gasteiger partial charge in [0.15, 0.2) is 0 Å². The number of rotatable bonds is 7. The Morgan fingerprint density at radius 3 is 1.58 bits per heavy atom. The quantitative estimate of drug-likeness (QED) is 0.0745. The predicted octanol–water partition coefficient (Wildman–Crippen LogP) is 7.94. The fourth-order valence-corrected chi connectivity index (χ4v) is 4.22. The van der Waals surface area contributed by atoms with E-state index in [1.807, 2.05) is 0 Å². The summed E-state index contributed by atoms with van der Waals surface area (Å²) in [5, 5.41) is 36.4. The van der Waals surface area contributed by atoms with Crippen LogP contribution < -0.4 is 15.4 Å². The second kappa shape index (κ2) is 15.2. The number of phenolic OH excluding ortho intramolecular Hbond substituents is 1. The maximum Gasteiger partial charge on any atom is 0.308 e. The average molecular weight is 696 g/mol. The highest BCUT2D eigenvalue weighted by Crippen LogP contribution is 2.30. The van der Waals surface area contributed by atoms with Gasteiger partial charge in [0.1, 0.15) is 11.5 Å². The molecule has 232 valence electrons. The van der Waals surface area contributed by atoms with Crippen LogP contribution in [0.5, 0.6) is 11.5 Å². The third-order valence-corrected chi connectivity index (χ3v) is 6.56. The van der Waals surface area contributed by atoms with Gasteiger partial charge in [-0.2, -0.15) is 0 Å². The van der Waals surface area contributed by atoms with Crippen LogP contribution >= 0.6 is 46.4 Å². The first-order valence-corrected chi connectivity index (χ1v) is 13.6. The first-order chi connectivity index (χ1) is 21.2. The van der Waals surface area contributed by atoms with E-state index < -0.39 is 27.6 Å². The summed E-state index contributed by atoms with van der Waals surface area (Å²) in [5.74, 6) is -2.08. The number of ether oxygens (including phenoxy) is 1. The summed E-state index contributed by atoms with van der Waals surface area (Å²) in [5.41, 5.74) is -0.0540. The van der Waals surface area contributed by atoms with Crippen molar-refractivity contribution >= 4 is 86.9 Å². The Labute approximate surface area is 273 Å². The van der Waals surface area contributed by atoms with Crippen LogP contribution in [0, 0.1) is 20.2 Å². The zero-order valence-corrected chi connectivity index (χ0v) is 25.6. The number of hydrogen-bond acceptors (Lipinski definition) is 9. The second-order valence-corrected chi connectivity index (χ2v) is 10.3. The Balaban J connectivity index is 0.000000248. The van der Waals surface area contributed by atoms with E-state index in [0.717, 1.165) is 12.1 Å². The van der Waals surface area contributed by atoms with Gasteiger partial charge in [0, 0.05) is 41.2 Å². The number of aromatic hydroxyl groups is 1. The Morgan fingerprint density at radius 1 is 0.689 bits per heavy atom. The number of esters is 1. The van der Waals surface area contributed by atoms with Crippen LogP contribution in [-0.2, 0) is 4.79 Å². The van der Waals surface area contributed by atoms with Gasteiger partial charge in [-0.25, -0.2) is 0 Å². The summed E-state index contributed by atoms with van der Waals surface area (Å²) in [6.07, 6.45) is 0. The van der Waals surface area contributed by atoms with Crippen LogP contribution in [-0.4, -0.2) is 32.7 Å². The van der Waals surface area contributed by atoms with Gasteiger partial charge in [-0.3, -0.25) is 34.6 Å². The van der Waals surface area contributed by atoms with E-state index in [0.29, 0.717) is 0 Å². The third kappa shape index (κ3) is 9.52. The molecule has 0 saturated carbocycles. The van der Waals surface area contributed by atoms with Gasteiger partial charge in [-0.05, 0) is 48.5 Å². The van der Waals surface area contributed by atoms with E-state index >= 15 is 0 Å². The minimum absolute atomic E-state index is 0.00591. The SMILES string of the molecule is CC(=O)Oc1ccc(Cl)cc1C(=O)Nc1ccc([N+](=O)[O-])cc1Cl.O=C(Nc1ccc([N+](=O)[O-])cc1Cl)c1cc(Cl)ccc1O. The van der Waals surface area contributed by atoms with Crippen molar-refractivity contribution in [3.8, 4) is 11.5 Å². The summed E-state index contributed by atoms with van der Waals surface area (Å²) in [4.78, 5) is 55.6. The molecular formula is C28H18Cl4N4O9. The molecule has 0 atom stereocenters. The van der Waals surface area contributed by atoms with Crippen LogP contribution in [0.25, 0.3) is 0 Å². The largest absolute Gasteiger partial charge is 0.507 e. The number of nitrogens with zero attached hydrogens (tertiary/aromatic N) is 2. The van der Waals surface area contributed by atoms with E-state index in [4.69, 9.17) is 51.1 Å². The molecule has 0 fully saturated rings. The number of carbonyl (C=O) groups is 3. The molecular weight excluding hydrogens is 678 g/mol. The first kappa shape index (κ1) is 34.5. The molecule has 4 rings (SSSR count). The molecule has 0 saturated heterocycles. The maximum absolute atomic E-state index is 12.4. The van der Waals surface area contributed by atoms with Crippen molar-refractivity contribution in [1.29, 1.82) is 0 Å². The van der Waals surface area contributed by atoms with E-state index in [-0.39, 0.29) is 65.5 Å². The van der Waals surface area contributed by atoms with Crippen molar-refractivity contribution in [2.24, 2.45) is 0 Å². The van der Waals surface area contributed by atoms with E-state index in [2.05, 4.69) is 10.6 Å². The molecule has 4 aromatic rings. The summed E-state index contributed by atoms with van der Waals surface area (Å²) in [6.45, 7) is 1.20. The molecule has 17 heteroatoms. The van der Waals surface area contributed by atoms with Crippen LogP contribution in [0.4, 0.5) is 22.7 Å². The van der Waals surface area contributed by atoms with Gasteiger partial charge >= 0.3 is 5.97 Å². The van der Waals surface area contributed by atoms with Gasteiger partial charge < -0.3 is 20.5 Å². The number of carbonyl (C=O) groups excluding carboxylic acids is 3. The molecule has 3 N–H and O–H groups in total. The molecule has 0 unspecified atom stereocenters. The molecule has 0 bridgehead atoms. The minimum atomic E-state index is -0.635. The van der Waals surface area contributed by atoms with Gasteiger partial charge in [-0.1, -0.05) is 46.4 Å². The zero-order valence-electron chi connectivity index (χ0n) is 22.5. The van der Waals surface area contributed by atoms with E-state index in [9.17, 15) is 39.7 Å². The summed E-state index contributed by atoms with van der Waals surface area (Å²) in [7, 11) is 0. The van der Waals surface area contributed by atoms with Crippen molar-refractivity contribution in [2.45, 2.75) is 6.92 Å². The zero-order chi connectivity index (χ0) is 33.4. The molecule has 45 heavy (non-hydrogen) atoms. The number of nitro benzene ring substituents is 2. The summed E-state index contributed by atoms with van der Waals surface area (Å²) in [6, 6.07) is 15.4. The Bertz CT molecular complexity index is 1840. The van der Waals surface area contributed by atoms with Gasteiger partial charge in [-0.15, -0.1) is 0 Å². The lowest BCUT2D eigenvalue weighted by molar-refractivity contribution is -0.385. The van der Waals surface area contributed by atoms with Crippen molar-refractivity contribution in [3.05, 3.63) is 124 Å². The molecule has 4 aromatic carbocycles. The smallest absolute Gasteiger partial charge is 0.308 e. The third-order valence-electron chi connectivity index (χ3n) is 5.47. The predicted molar refractivity (Wildman–Crippen MR) is 168 cm³/mol. The Kier molecular flexibility index (Phi) is 11.6. The normalized spacial score (nSPS) is 10.2. The highest BCUT2D eigenvalue weighted by molar-refractivity contribution is 6.35. The highest BCUT2D eigenvalue weighted by atomic mass is 35.5. The van der Waals surface area contributed by atoms with Gasteiger partial charge in [0.05, 0.1) is 42.4 Å². The van der Waals surface area contributed by atoms with Crippen LogP contribution in [0.15, 0.2) is 72.8 Å². The number of nitrogens with one attached hydrogen (secondary N) is 2. The number of nitro groups is 2. The maximum atomic E-state index is 12.4. The second-order valence-electron chi connectivity index (χ2n) is 8.65. The topological polar surface area (TPSA) is 191 Å². The van der Waals surface area contributed by atoms with Crippen molar-refractivity contribution in [2.75, 3.05) is 10.6 Å². The van der Waals surface area contributed by atoms with Crippen LogP contribution in [0.2, 0.25) is 20.1 Å². The van der Waals surface area contributed by atoms with Crippen LogP contribution in [0.3, 0.4) is 0 Å². The molecule has 0 aliphatic carbocycles. The van der Waals surface area contributed by atoms with Gasteiger partial charge in [0.2, 0.25) is 0 Å². The van der Waals surface area contributed by atoms with E-state index in [1.165, 1.54) is 67.6 Å². The molecule has 0 radical (unpaired) electrons. The lowest BCUT2D eigenvalue weighted by Gasteiger charge is -2.11. The van der Waals surface area contributed by atoms with E-state index in [1.54, 1.807) is 0 Å². The highest BCUT2D eigenvalue weighted by Gasteiger charge is 2.18. The fraction of sp³-hybridized carbons (Fsp3) is 0.0357. The number of halogens is 4. The molecule has 0 aliphatic heterocycles. The molecule has 0 spiro atoms. The molecule has 0 heterocycles. The number of non-ortho nitro benzene ring substituents is 2.